The minimum atomic E-state index is 0.193. The number of nitrogens with one attached hydrogen (secondary N) is 1. The summed E-state index contributed by atoms with van der Waals surface area (Å²) in [5.41, 5.74) is 1.19. The molecule has 0 heterocycles. The van der Waals surface area contributed by atoms with Crippen molar-refractivity contribution in [3.05, 3.63) is 35.9 Å². The maximum atomic E-state index is 12.2. The second-order valence-corrected chi connectivity index (χ2v) is 5.40. The second kappa shape index (κ2) is 6.71. The van der Waals surface area contributed by atoms with Crippen molar-refractivity contribution in [2.45, 2.75) is 39.3 Å². The number of hydrogen-bond donors (Lipinski definition) is 1. The van der Waals surface area contributed by atoms with Gasteiger partial charge in [-0.25, -0.2) is 0 Å². The van der Waals surface area contributed by atoms with Gasteiger partial charge in [0.25, 0.3) is 0 Å². The first-order valence-electron chi connectivity index (χ1n) is 7.25. The minimum absolute atomic E-state index is 0.193. The van der Waals surface area contributed by atoms with Gasteiger partial charge in [-0.3, -0.25) is 4.79 Å². The van der Waals surface area contributed by atoms with Crippen LogP contribution >= 0.6 is 0 Å². The van der Waals surface area contributed by atoms with Crippen molar-refractivity contribution in [3.63, 3.8) is 0 Å². The van der Waals surface area contributed by atoms with E-state index in [1.165, 1.54) is 18.4 Å². The largest absolute Gasteiger partial charge is 0.338 e. The quantitative estimate of drug-likeness (QED) is 0.816. The normalized spacial score (nSPS) is 16.1. The Morgan fingerprint density at radius 2 is 2.05 bits per heavy atom. The Morgan fingerprint density at radius 1 is 1.37 bits per heavy atom. The molecule has 1 aromatic carbocycles. The summed E-state index contributed by atoms with van der Waals surface area (Å²) in [7, 11) is 0. The van der Waals surface area contributed by atoms with E-state index in [0.29, 0.717) is 19.1 Å². The molecule has 0 radical (unpaired) electrons. The van der Waals surface area contributed by atoms with E-state index in [1.807, 2.05) is 30.0 Å². The number of carbonyl (C=O) groups is 1. The van der Waals surface area contributed by atoms with Crippen molar-refractivity contribution in [2.75, 3.05) is 13.1 Å². The van der Waals surface area contributed by atoms with Crippen molar-refractivity contribution >= 4 is 5.91 Å². The van der Waals surface area contributed by atoms with Crippen LogP contribution in [-0.2, 0) is 11.3 Å². The lowest BCUT2D eigenvalue weighted by molar-refractivity contribution is -0.130. The Bertz CT molecular complexity index is 400. The molecule has 0 aliphatic heterocycles. The summed E-state index contributed by atoms with van der Waals surface area (Å²) >= 11 is 0. The van der Waals surface area contributed by atoms with Gasteiger partial charge in [-0.05, 0) is 38.2 Å². The van der Waals surface area contributed by atoms with Crippen LogP contribution in [0.25, 0.3) is 0 Å². The SMILES string of the molecule is CCN(Cc1ccccc1)C(=O)CNC(C)C1CC1. The molecular formula is C16H24N2O. The Kier molecular flexibility index (Phi) is 4.97. The lowest BCUT2D eigenvalue weighted by atomic mass is 10.2. The lowest BCUT2D eigenvalue weighted by Gasteiger charge is -2.22. The fourth-order valence-electron chi connectivity index (χ4n) is 2.30. The zero-order valence-corrected chi connectivity index (χ0v) is 11.9. The van der Waals surface area contributed by atoms with Crippen LogP contribution in [0.4, 0.5) is 0 Å². The van der Waals surface area contributed by atoms with E-state index in [9.17, 15) is 4.79 Å². The number of amides is 1. The minimum Gasteiger partial charge on any atom is -0.338 e. The molecular weight excluding hydrogens is 236 g/mol. The van der Waals surface area contributed by atoms with Gasteiger partial charge >= 0.3 is 0 Å². The predicted octanol–water partition coefficient (Wildman–Crippen LogP) is 2.42. The highest BCUT2D eigenvalue weighted by Gasteiger charge is 2.28. The van der Waals surface area contributed by atoms with Gasteiger partial charge in [0, 0.05) is 19.1 Å². The summed E-state index contributed by atoms with van der Waals surface area (Å²) in [6, 6.07) is 10.6. The lowest BCUT2D eigenvalue weighted by Crippen LogP contribution is -2.41. The van der Waals surface area contributed by atoms with Crippen LogP contribution in [0.2, 0.25) is 0 Å². The van der Waals surface area contributed by atoms with Crippen LogP contribution in [0.15, 0.2) is 30.3 Å². The van der Waals surface area contributed by atoms with Crippen LogP contribution in [-0.4, -0.2) is 29.9 Å². The predicted molar refractivity (Wildman–Crippen MR) is 77.7 cm³/mol. The van der Waals surface area contributed by atoms with Crippen molar-refractivity contribution in [3.8, 4) is 0 Å². The van der Waals surface area contributed by atoms with Gasteiger partial charge in [-0.2, -0.15) is 0 Å². The molecule has 1 saturated carbocycles. The van der Waals surface area contributed by atoms with E-state index in [-0.39, 0.29) is 5.91 Å². The van der Waals surface area contributed by atoms with Gasteiger partial charge < -0.3 is 10.2 Å². The Labute approximate surface area is 116 Å². The molecule has 1 atom stereocenters. The fourth-order valence-corrected chi connectivity index (χ4v) is 2.30. The molecule has 104 valence electrons. The molecule has 3 heteroatoms. The molecule has 0 bridgehead atoms. The summed E-state index contributed by atoms with van der Waals surface area (Å²) in [4.78, 5) is 14.1. The topological polar surface area (TPSA) is 32.3 Å². The first kappa shape index (κ1) is 14.1. The molecule has 1 aliphatic rings. The number of nitrogens with zero attached hydrogens (tertiary/aromatic N) is 1. The van der Waals surface area contributed by atoms with Gasteiger partial charge in [0.1, 0.15) is 0 Å². The van der Waals surface area contributed by atoms with Crippen LogP contribution in [0, 0.1) is 5.92 Å². The molecule has 0 saturated heterocycles. The van der Waals surface area contributed by atoms with E-state index >= 15 is 0 Å². The summed E-state index contributed by atoms with van der Waals surface area (Å²) in [5.74, 6) is 0.982. The summed E-state index contributed by atoms with van der Waals surface area (Å²) < 4.78 is 0. The van der Waals surface area contributed by atoms with Crippen LogP contribution in [0.5, 0.6) is 0 Å². The van der Waals surface area contributed by atoms with Crippen LogP contribution in [0.1, 0.15) is 32.3 Å². The van der Waals surface area contributed by atoms with Crippen LogP contribution in [0.3, 0.4) is 0 Å². The highest BCUT2D eigenvalue weighted by molar-refractivity contribution is 5.78. The first-order chi connectivity index (χ1) is 9.20. The molecule has 1 aliphatic carbocycles. The van der Waals surface area contributed by atoms with Gasteiger partial charge in [-0.15, -0.1) is 0 Å². The maximum Gasteiger partial charge on any atom is 0.236 e. The Morgan fingerprint density at radius 3 is 2.63 bits per heavy atom. The van der Waals surface area contributed by atoms with E-state index in [0.717, 1.165) is 12.5 Å². The molecule has 1 amide bonds. The van der Waals surface area contributed by atoms with Crippen molar-refractivity contribution in [2.24, 2.45) is 5.92 Å². The first-order valence-corrected chi connectivity index (χ1v) is 7.25. The zero-order valence-electron chi connectivity index (χ0n) is 11.9. The fraction of sp³-hybridized carbons (Fsp3) is 0.562. The number of carbonyl (C=O) groups excluding carboxylic acids is 1. The van der Waals surface area contributed by atoms with E-state index in [1.54, 1.807) is 0 Å². The summed E-state index contributed by atoms with van der Waals surface area (Å²) in [6.07, 6.45) is 2.62. The van der Waals surface area contributed by atoms with Gasteiger partial charge in [0.15, 0.2) is 0 Å². The maximum absolute atomic E-state index is 12.2. The van der Waals surface area contributed by atoms with E-state index in [4.69, 9.17) is 0 Å². The molecule has 0 aromatic heterocycles. The van der Waals surface area contributed by atoms with Crippen molar-refractivity contribution in [1.82, 2.24) is 10.2 Å². The molecule has 1 unspecified atom stereocenters. The van der Waals surface area contributed by atoms with Gasteiger partial charge in [0.2, 0.25) is 5.91 Å². The molecule has 1 N–H and O–H groups in total. The third kappa shape index (κ3) is 4.35. The molecule has 1 fully saturated rings. The average Bonchev–Trinajstić information content (AvgIpc) is 3.27. The summed E-state index contributed by atoms with van der Waals surface area (Å²) in [6.45, 7) is 6.13. The third-order valence-electron chi connectivity index (χ3n) is 3.86. The summed E-state index contributed by atoms with van der Waals surface area (Å²) in [5, 5.41) is 3.35. The molecule has 0 spiro atoms. The van der Waals surface area contributed by atoms with Gasteiger partial charge in [0.05, 0.1) is 6.54 Å². The van der Waals surface area contributed by atoms with E-state index < -0.39 is 0 Å². The standard InChI is InChI=1S/C16H24N2O/c1-3-18(12-14-7-5-4-6-8-14)16(19)11-17-13(2)15-9-10-15/h4-8,13,15,17H,3,9-12H2,1-2H3. The second-order valence-electron chi connectivity index (χ2n) is 5.40. The third-order valence-corrected chi connectivity index (χ3v) is 3.86. The van der Waals surface area contributed by atoms with Crippen molar-refractivity contribution < 1.29 is 4.79 Å². The molecule has 3 nitrogen and oxygen atoms in total. The molecule has 2 rings (SSSR count). The average molecular weight is 260 g/mol. The van der Waals surface area contributed by atoms with Gasteiger partial charge in [-0.1, -0.05) is 30.3 Å². The van der Waals surface area contributed by atoms with Crippen LogP contribution < -0.4 is 5.32 Å². The highest BCUT2D eigenvalue weighted by atomic mass is 16.2. The van der Waals surface area contributed by atoms with E-state index in [2.05, 4.69) is 24.4 Å². The Hall–Kier alpha value is -1.35. The number of rotatable bonds is 7. The number of likely N-dealkylation sites (N-methyl/N-ethyl adjacent to an activating group) is 1. The molecule has 1 aromatic rings. The smallest absolute Gasteiger partial charge is 0.236 e. The van der Waals surface area contributed by atoms with Crippen molar-refractivity contribution in [1.29, 1.82) is 0 Å². The molecule has 19 heavy (non-hydrogen) atoms. The number of benzene rings is 1. The zero-order chi connectivity index (χ0) is 13.7. The number of hydrogen-bond acceptors (Lipinski definition) is 2. The Balaban J connectivity index is 1.80. The highest BCUT2D eigenvalue weighted by Crippen LogP contribution is 2.32. The monoisotopic (exact) mass is 260 g/mol.